The highest BCUT2D eigenvalue weighted by atomic mass is 16.5. The topological polar surface area (TPSA) is 41.6 Å². The minimum absolute atomic E-state index is 0.187. The number of amides is 1. The van der Waals surface area contributed by atoms with Crippen LogP contribution in [-0.2, 0) is 9.53 Å². The Hall–Kier alpha value is -0.610. The molecule has 4 heteroatoms. The van der Waals surface area contributed by atoms with Gasteiger partial charge in [-0.3, -0.25) is 4.79 Å². The molecule has 1 rings (SSSR count). The molecule has 2 unspecified atom stereocenters. The van der Waals surface area contributed by atoms with E-state index in [-0.39, 0.29) is 5.91 Å². The molecule has 0 aromatic rings. The van der Waals surface area contributed by atoms with Gasteiger partial charge in [0.2, 0.25) is 5.91 Å². The summed E-state index contributed by atoms with van der Waals surface area (Å²) in [5.41, 5.74) is 0. The van der Waals surface area contributed by atoms with Crippen molar-refractivity contribution in [2.24, 2.45) is 0 Å². The Morgan fingerprint density at radius 1 is 1.50 bits per heavy atom. The smallest absolute Gasteiger partial charge is 0.223 e. The van der Waals surface area contributed by atoms with Gasteiger partial charge in [-0.05, 0) is 19.3 Å². The quantitative estimate of drug-likeness (QED) is 0.763. The van der Waals surface area contributed by atoms with Crippen LogP contribution in [-0.4, -0.2) is 50.2 Å². The van der Waals surface area contributed by atoms with Crippen LogP contribution in [0.15, 0.2) is 0 Å². The van der Waals surface area contributed by atoms with Gasteiger partial charge in [-0.2, -0.15) is 0 Å². The fraction of sp³-hybridized carbons (Fsp3) is 0.917. The predicted octanol–water partition coefficient (Wildman–Crippen LogP) is 1.01. The average Bonchev–Trinajstić information content (AvgIpc) is 2.29. The van der Waals surface area contributed by atoms with Gasteiger partial charge in [-0.25, -0.2) is 0 Å². The zero-order valence-electron chi connectivity index (χ0n) is 10.7. The van der Waals surface area contributed by atoms with Crippen molar-refractivity contribution in [3.05, 3.63) is 0 Å². The molecule has 1 saturated heterocycles. The van der Waals surface area contributed by atoms with E-state index in [9.17, 15) is 4.79 Å². The lowest BCUT2D eigenvalue weighted by Crippen LogP contribution is -2.40. The lowest BCUT2D eigenvalue weighted by molar-refractivity contribution is -0.128. The highest BCUT2D eigenvalue weighted by molar-refractivity contribution is 5.75. The number of nitrogens with one attached hydrogen (secondary N) is 1. The zero-order chi connectivity index (χ0) is 12.0. The molecular formula is C12H24N2O2. The maximum Gasteiger partial charge on any atom is 0.223 e. The van der Waals surface area contributed by atoms with Gasteiger partial charge in [0.05, 0.1) is 6.10 Å². The van der Waals surface area contributed by atoms with E-state index < -0.39 is 0 Å². The Balaban J connectivity index is 2.15. The first-order valence-corrected chi connectivity index (χ1v) is 6.18. The van der Waals surface area contributed by atoms with Gasteiger partial charge in [0.15, 0.2) is 0 Å². The van der Waals surface area contributed by atoms with Crippen LogP contribution in [0.25, 0.3) is 0 Å². The molecule has 1 amide bonds. The van der Waals surface area contributed by atoms with E-state index in [2.05, 4.69) is 12.2 Å². The molecule has 1 heterocycles. The van der Waals surface area contributed by atoms with E-state index in [0.717, 1.165) is 32.4 Å². The molecule has 0 radical (unpaired) electrons. The molecule has 1 aliphatic rings. The van der Waals surface area contributed by atoms with Gasteiger partial charge < -0.3 is 15.0 Å². The SMILES string of the molecule is CCC1CC(NCCC(=O)N(C)C)CCO1. The molecule has 0 saturated carbocycles. The summed E-state index contributed by atoms with van der Waals surface area (Å²) < 4.78 is 5.61. The van der Waals surface area contributed by atoms with Crippen molar-refractivity contribution in [1.82, 2.24) is 10.2 Å². The molecule has 0 aliphatic carbocycles. The van der Waals surface area contributed by atoms with Gasteiger partial charge >= 0.3 is 0 Å². The molecule has 4 nitrogen and oxygen atoms in total. The molecule has 1 fully saturated rings. The van der Waals surface area contributed by atoms with Gasteiger partial charge in [-0.15, -0.1) is 0 Å². The summed E-state index contributed by atoms with van der Waals surface area (Å²) in [6.07, 6.45) is 4.20. The van der Waals surface area contributed by atoms with E-state index >= 15 is 0 Å². The molecule has 0 aromatic heterocycles. The third kappa shape index (κ3) is 4.49. The van der Waals surface area contributed by atoms with Crippen molar-refractivity contribution >= 4 is 5.91 Å². The fourth-order valence-corrected chi connectivity index (χ4v) is 1.96. The lowest BCUT2D eigenvalue weighted by atomic mass is 10.0. The molecule has 0 bridgehead atoms. The number of rotatable bonds is 5. The summed E-state index contributed by atoms with van der Waals surface area (Å²) in [6, 6.07) is 0.522. The molecule has 1 N–H and O–H groups in total. The van der Waals surface area contributed by atoms with Crippen molar-refractivity contribution in [1.29, 1.82) is 0 Å². The molecule has 16 heavy (non-hydrogen) atoms. The van der Waals surface area contributed by atoms with Gasteiger partial charge in [0.25, 0.3) is 0 Å². The van der Waals surface area contributed by atoms with Crippen molar-refractivity contribution in [3.63, 3.8) is 0 Å². The van der Waals surface area contributed by atoms with Crippen molar-refractivity contribution in [2.75, 3.05) is 27.2 Å². The van der Waals surface area contributed by atoms with Gasteiger partial charge in [-0.1, -0.05) is 6.92 Å². The Kier molecular flexibility index (Phi) is 5.77. The summed E-state index contributed by atoms with van der Waals surface area (Å²) in [5, 5.41) is 3.44. The number of hydrogen-bond donors (Lipinski definition) is 1. The van der Waals surface area contributed by atoms with E-state index in [0.29, 0.717) is 18.6 Å². The van der Waals surface area contributed by atoms with E-state index in [4.69, 9.17) is 4.74 Å². The van der Waals surface area contributed by atoms with Crippen LogP contribution in [0.4, 0.5) is 0 Å². The summed E-state index contributed by atoms with van der Waals surface area (Å²) in [5.74, 6) is 0.187. The Bertz CT molecular complexity index is 219. The van der Waals surface area contributed by atoms with Crippen LogP contribution in [0.1, 0.15) is 32.6 Å². The Morgan fingerprint density at radius 3 is 2.88 bits per heavy atom. The van der Waals surface area contributed by atoms with E-state index in [1.807, 2.05) is 0 Å². The predicted molar refractivity (Wildman–Crippen MR) is 64.4 cm³/mol. The first kappa shape index (κ1) is 13.5. The molecule has 0 spiro atoms. The van der Waals surface area contributed by atoms with Crippen molar-refractivity contribution < 1.29 is 9.53 Å². The first-order chi connectivity index (χ1) is 7.63. The highest BCUT2D eigenvalue weighted by Gasteiger charge is 2.20. The maximum absolute atomic E-state index is 11.4. The van der Waals surface area contributed by atoms with Gasteiger partial charge in [0, 0.05) is 39.7 Å². The van der Waals surface area contributed by atoms with Crippen LogP contribution < -0.4 is 5.32 Å². The minimum atomic E-state index is 0.187. The van der Waals surface area contributed by atoms with Crippen molar-refractivity contribution in [2.45, 2.75) is 44.8 Å². The molecule has 94 valence electrons. The Labute approximate surface area is 98.3 Å². The highest BCUT2D eigenvalue weighted by Crippen LogP contribution is 2.16. The summed E-state index contributed by atoms with van der Waals surface area (Å²) >= 11 is 0. The number of ether oxygens (including phenoxy) is 1. The molecule has 2 atom stereocenters. The lowest BCUT2D eigenvalue weighted by Gasteiger charge is -2.29. The zero-order valence-corrected chi connectivity index (χ0v) is 10.7. The maximum atomic E-state index is 11.4. The number of carbonyl (C=O) groups is 1. The average molecular weight is 228 g/mol. The minimum Gasteiger partial charge on any atom is -0.378 e. The third-order valence-corrected chi connectivity index (χ3v) is 3.09. The molecule has 1 aliphatic heterocycles. The van der Waals surface area contributed by atoms with Crippen LogP contribution in [0, 0.1) is 0 Å². The van der Waals surface area contributed by atoms with Crippen LogP contribution >= 0.6 is 0 Å². The normalized spacial score (nSPS) is 25.4. The van der Waals surface area contributed by atoms with Crippen LogP contribution in [0.5, 0.6) is 0 Å². The second-order valence-electron chi connectivity index (χ2n) is 4.61. The standard InChI is InChI=1S/C12H24N2O2/c1-4-11-9-10(6-8-16-11)13-7-5-12(15)14(2)3/h10-11,13H,4-9H2,1-3H3. The molecular weight excluding hydrogens is 204 g/mol. The second-order valence-corrected chi connectivity index (χ2v) is 4.61. The number of nitrogens with zero attached hydrogens (tertiary/aromatic N) is 1. The van der Waals surface area contributed by atoms with E-state index in [1.165, 1.54) is 0 Å². The van der Waals surface area contributed by atoms with Gasteiger partial charge in [0.1, 0.15) is 0 Å². The molecule has 0 aromatic carbocycles. The monoisotopic (exact) mass is 228 g/mol. The summed E-state index contributed by atoms with van der Waals surface area (Å²) in [6.45, 7) is 3.78. The summed E-state index contributed by atoms with van der Waals surface area (Å²) in [7, 11) is 3.59. The Morgan fingerprint density at radius 2 is 2.25 bits per heavy atom. The van der Waals surface area contributed by atoms with Crippen molar-refractivity contribution in [3.8, 4) is 0 Å². The first-order valence-electron chi connectivity index (χ1n) is 6.18. The summed E-state index contributed by atoms with van der Waals surface area (Å²) in [4.78, 5) is 13.0. The third-order valence-electron chi connectivity index (χ3n) is 3.09. The number of carbonyl (C=O) groups excluding carboxylic acids is 1. The van der Waals surface area contributed by atoms with E-state index in [1.54, 1.807) is 19.0 Å². The van der Waals surface area contributed by atoms with Crippen LogP contribution in [0.2, 0.25) is 0 Å². The van der Waals surface area contributed by atoms with Crippen LogP contribution in [0.3, 0.4) is 0 Å². The largest absolute Gasteiger partial charge is 0.378 e. The fourth-order valence-electron chi connectivity index (χ4n) is 1.96. The number of hydrogen-bond acceptors (Lipinski definition) is 3. The second kappa shape index (κ2) is 6.86.